The van der Waals surface area contributed by atoms with Crippen molar-refractivity contribution < 1.29 is 9.13 Å². The van der Waals surface area contributed by atoms with Crippen molar-refractivity contribution in [3.63, 3.8) is 0 Å². The summed E-state index contributed by atoms with van der Waals surface area (Å²) in [5.74, 6) is 5.36. The van der Waals surface area contributed by atoms with Crippen LogP contribution in [0.1, 0.15) is 11.1 Å². The monoisotopic (exact) mass is 251 g/mol. The van der Waals surface area contributed by atoms with Crippen molar-refractivity contribution in [3.8, 4) is 23.7 Å². The minimum atomic E-state index is -0.587. The summed E-state index contributed by atoms with van der Waals surface area (Å²) in [6.07, 6.45) is 0. The van der Waals surface area contributed by atoms with E-state index in [-0.39, 0.29) is 17.9 Å². The number of ether oxygens (including phenoxy) is 1. The molecule has 0 saturated heterocycles. The summed E-state index contributed by atoms with van der Waals surface area (Å²) in [6.45, 7) is 0.104. The van der Waals surface area contributed by atoms with E-state index in [9.17, 15) is 4.39 Å². The van der Waals surface area contributed by atoms with Gasteiger partial charge in [-0.15, -0.1) is 0 Å². The second-order valence-corrected chi connectivity index (χ2v) is 3.68. The summed E-state index contributed by atoms with van der Waals surface area (Å²) in [5, 5.41) is 8.83. The summed E-state index contributed by atoms with van der Waals surface area (Å²) < 4.78 is 18.6. The molecule has 19 heavy (non-hydrogen) atoms. The Hall–Kier alpha value is -2.78. The van der Waals surface area contributed by atoms with Crippen molar-refractivity contribution >= 4 is 0 Å². The van der Waals surface area contributed by atoms with Crippen LogP contribution in [0.15, 0.2) is 48.5 Å². The SMILES string of the molecule is N#Cc1c(F)cccc1OCC#Cc1ccccc1. The number of hydrogen-bond acceptors (Lipinski definition) is 2. The molecule has 0 fully saturated rings. The van der Waals surface area contributed by atoms with Gasteiger partial charge in [-0.05, 0) is 24.3 Å². The minimum Gasteiger partial charge on any atom is -0.479 e. The highest BCUT2D eigenvalue weighted by atomic mass is 19.1. The summed E-state index contributed by atoms with van der Waals surface area (Å²) in [4.78, 5) is 0. The van der Waals surface area contributed by atoms with Gasteiger partial charge in [0.1, 0.15) is 29.8 Å². The van der Waals surface area contributed by atoms with Crippen LogP contribution < -0.4 is 4.74 Å². The van der Waals surface area contributed by atoms with Crippen molar-refractivity contribution in [2.45, 2.75) is 0 Å². The maximum Gasteiger partial charge on any atom is 0.149 e. The first-order valence-electron chi connectivity index (χ1n) is 5.66. The molecule has 0 aliphatic rings. The topological polar surface area (TPSA) is 33.0 Å². The van der Waals surface area contributed by atoms with Crippen molar-refractivity contribution in [1.29, 1.82) is 5.26 Å². The number of rotatable bonds is 2. The Kier molecular flexibility index (Phi) is 4.16. The number of halogens is 1. The van der Waals surface area contributed by atoms with Gasteiger partial charge in [-0.3, -0.25) is 0 Å². The van der Waals surface area contributed by atoms with E-state index >= 15 is 0 Å². The lowest BCUT2D eigenvalue weighted by Gasteiger charge is -2.04. The van der Waals surface area contributed by atoms with Crippen LogP contribution in [0, 0.1) is 29.0 Å². The third-order valence-corrected chi connectivity index (χ3v) is 2.39. The Bertz CT molecular complexity index is 663. The highest BCUT2D eigenvalue weighted by molar-refractivity contribution is 5.44. The zero-order valence-electron chi connectivity index (χ0n) is 10.1. The van der Waals surface area contributed by atoms with Crippen LogP contribution >= 0.6 is 0 Å². The molecule has 0 bridgehead atoms. The highest BCUT2D eigenvalue weighted by Crippen LogP contribution is 2.19. The summed E-state index contributed by atoms with van der Waals surface area (Å²) >= 11 is 0. The summed E-state index contributed by atoms with van der Waals surface area (Å²) in [6, 6.07) is 15.5. The van der Waals surface area contributed by atoms with E-state index in [1.165, 1.54) is 12.1 Å². The fourth-order valence-electron chi connectivity index (χ4n) is 1.51. The second kappa shape index (κ2) is 6.23. The third-order valence-electron chi connectivity index (χ3n) is 2.39. The van der Waals surface area contributed by atoms with E-state index < -0.39 is 5.82 Å². The summed E-state index contributed by atoms with van der Waals surface area (Å²) in [5.41, 5.74) is 0.787. The molecular formula is C16H10FNO. The van der Waals surface area contributed by atoms with Crippen molar-refractivity contribution in [2.75, 3.05) is 6.61 Å². The first-order valence-corrected chi connectivity index (χ1v) is 5.66. The highest BCUT2D eigenvalue weighted by Gasteiger charge is 2.07. The lowest BCUT2D eigenvalue weighted by atomic mass is 10.2. The Morgan fingerprint density at radius 2 is 1.84 bits per heavy atom. The smallest absolute Gasteiger partial charge is 0.149 e. The van der Waals surface area contributed by atoms with Crippen LogP contribution in [0.2, 0.25) is 0 Å². The molecule has 2 nitrogen and oxygen atoms in total. The normalized spacial score (nSPS) is 9.05. The molecule has 0 aliphatic carbocycles. The number of nitriles is 1. The lowest BCUT2D eigenvalue weighted by molar-refractivity contribution is 0.366. The van der Waals surface area contributed by atoms with Gasteiger partial charge in [-0.25, -0.2) is 4.39 Å². The van der Waals surface area contributed by atoms with E-state index in [0.717, 1.165) is 5.56 Å². The Morgan fingerprint density at radius 1 is 1.05 bits per heavy atom. The summed E-state index contributed by atoms with van der Waals surface area (Å²) in [7, 11) is 0. The van der Waals surface area contributed by atoms with E-state index in [1.807, 2.05) is 30.3 Å². The van der Waals surface area contributed by atoms with Crippen molar-refractivity contribution in [2.24, 2.45) is 0 Å². The molecule has 0 aromatic heterocycles. The van der Waals surface area contributed by atoms with Gasteiger partial charge in [0, 0.05) is 5.56 Å². The zero-order chi connectivity index (χ0) is 13.5. The van der Waals surface area contributed by atoms with Crippen LogP contribution in [-0.2, 0) is 0 Å². The van der Waals surface area contributed by atoms with E-state index in [1.54, 1.807) is 12.1 Å². The van der Waals surface area contributed by atoms with Crippen LogP contribution in [0.25, 0.3) is 0 Å². The number of hydrogen-bond donors (Lipinski definition) is 0. The lowest BCUT2D eigenvalue weighted by Crippen LogP contribution is -1.98. The molecule has 0 atom stereocenters. The Morgan fingerprint density at radius 3 is 2.58 bits per heavy atom. The molecule has 2 rings (SSSR count). The molecule has 0 unspecified atom stereocenters. The van der Waals surface area contributed by atoms with Crippen LogP contribution in [0.5, 0.6) is 5.75 Å². The fourth-order valence-corrected chi connectivity index (χ4v) is 1.51. The van der Waals surface area contributed by atoms with Gasteiger partial charge in [0.2, 0.25) is 0 Å². The van der Waals surface area contributed by atoms with E-state index in [2.05, 4.69) is 11.8 Å². The molecule has 0 radical (unpaired) electrons. The molecule has 0 N–H and O–H groups in total. The largest absolute Gasteiger partial charge is 0.479 e. The molecule has 0 heterocycles. The first-order chi connectivity index (χ1) is 9.31. The van der Waals surface area contributed by atoms with Crippen molar-refractivity contribution in [1.82, 2.24) is 0 Å². The van der Waals surface area contributed by atoms with Crippen LogP contribution in [0.4, 0.5) is 4.39 Å². The van der Waals surface area contributed by atoms with Crippen LogP contribution in [-0.4, -0.2) is 6.61 Å². The van der Waals surface area contributed by atoms with Gasteiger partial charge >= 0.3 is 0 Å². The quantitative estimate of drug-likeness (QED) is 0.768. The number of benzene rings is 2. The van der Waals surface area contributed by atoms with Gasteiger partial charge in [0.25, 0.3) is 0 Å². The maximum atomic E-state index is 13.3. The standard InChI is InChI=1S/C16H10FNO/c17-15-9-4-10-16(14(15)12-18)19-11-5-8-13-6-2-1-3-7-13/h1-4,6-7,9-10H,11H2. The molecule has 92 valence electrons. The second-order valence-electron chi connectivity index (χ2n) is 3.68. The minimum absolute atomic E-state index is 0.0935. The molecule has 0 spiro atoms. The average molecular weight is 251 g/mol. The Labute approximate surface area is 111 Å². The predicted octanol–water partition coefficient (Wildman–Crippen LogP) is 3.13. The van der Waals surface area contributed by atoms with E-state index in [0.29, 0.717) is 0 Å². The Balaban J connectivity index is 2.03. The third kappa shape index (κ3) is 3.34. The molecule has 0 saturated carbocycles. The molecule has 0 amide bonds. The van der Waals surface area contributed by atoms with Gasteiger partial charge in [0.05, 0.1) is 0 Å². The zero-order valence-corrected chi connectivity index (χ0v) is 10.1. The van der Waals surface area contributed by atoms with Crippen molar-refractivity contribution in [3.05, 3.63) is 65.5 Å². The van der Waals surface area contributed by atoms with Gasteiger partial charge in [-0.2, -0.15) is 5.26 Å². The van der Waals surface area contributed by atoms with Gasteiger partial charge < -0.3 is 4.74 Å². The van der Waals surface area contributed by atoms with Gasteiger partial charge in [-0.1, -0.05) is 36.1 Å². The average Bonchev–Trinajstić information content (AvgIpc) is 2.45. The van der Waals surface area contributed by atoms with Gasteiger partial charge in [0.15, 0.2) is 0 Å². The van der Waals surface area contributed by atoms with Crippen LogP contribution in [0.3, 0.4) is 0 Å². The fraction of sp³-hybridized carbons (Fsp3) is 0.0625. The molecular weight excluding hydrogens is 241 g/mol. The maximum absolute atomic E-state index is 13.3. The number of nitrogens with zero attached hydrogens (tertiary/aromatic N) is 1. The predicted molar refractivity (Wildman–Crippen MR) is 69.9 cm³/mol. The van der Waals surface area contributed by atoms with E-state index in [4.69, 9.17) is 10.00 Å². The first kappa shape index (κ1) is 12.7. The molecule has 0 aliphatic heterocycles. The molecule has 2 aromatic rings. The molecule has 3 heteroatoms. The molecule has 2 aromatic carbocycles.